The van der Waals surface area contributed by atoms with Gasteiger partial charge in [-0.05, 0) is 32.1 Å². The molecule has 3 heteroatoms. The highest BCUT2D eigenvalue weighted by molar-refractivity contribution is 6.69. The number of methoxy groups -OCH3 is 1. The second-order valence-electron chi connectivity index (χ2n) is 5.39. The Bertz CT molecular complexity index is 368. The maximum Gasteiger partial charge on any atom is 0.184 e. The van der Waals surface area contributed by atoms with Crippen molar-refractivity contribution in [3.8, 4) is 0 Å². The Balaban J connectivity index is 2.64. The summed E-state index contributed by atoms with van der Waals surface area (Å²) >= 11 is 0. The van der Waals surface area contributed by atoms with Gasteiger partial charge in [0.2, 0.25) is 0 Å². The molecule has 2 atom stereocenters. The second kappa shape index (κ2) is 6.88. The van der Waals surface area contributed by atoms with Crippen molar-refractivity contribution in [1.82, 2.24) is 0 Å². The number of benzene rings is 1. The van der Waals surface area contributed by atoms with Crippen LogP contribution in [-0.2, 0) is 9.16 Å². The van der Waals surface area contributed by atoms with Crippen LogP contribution in [0.3, 0.4) is 0 Å². The fourth-order valence-corrected chi connectivity index (χ4v) is 3.02. The minimum Gasteiger partial charge on any atom is -0.412 e. The Morgan fingerprint density at radius 1 is 1.06 bits per heavy atom. The summed E-state index contributed by atoms with van der Waals surface area (Å²) in [5, 5.41) is 0. The van der Waals surface area contributed by atoms with Crippen molar-refractivity contribution in [3.05, 3.63) is 48.0 Å². The van der Waals surface area contributed by atoms with Crippen LogP contribution in [0.25, 0.3) is 0 Å². The molecule has 0 aliphatic heterocycles. The zero-order chi connectivity index (χ0) is 13.6. The first-order valence-corrected chi connectivity index (χ1v) is 9.77. The minimum absolute atomic E-state index is 0.00103. The molecule has 0 heterocycles. The summed E-state index contributed by atoms with van der Waals surface area (Å²) < 4.78 is 11.5. The van der Waals surface area contributed by atoms with E-state index >= 15 is 0 Å². The lowest BCUT2D eigenvalue weighted by atomic mass is 10.1. The predicted molar refractivity (Wildman–Crippen MR) is 79.2 cm³/mol. The topological polar surface area (TPSA) is 18.5 Å². The highest BCUT2D eigenvalue weighted by Gasteiger charge is 2.16. The Hall–Kier alpha value is -0.903. The maximum atomic E-state index is 5.96. The van der Waals surface area contributed by atoms with E-state index in [1.54, 1.807) is 7.11 Å². The summed E-state index contributed by atoms with van der Waals surface area (Å²) in [7, 11) is 0.254. The molecule has 0 radical (unpaired) electrons. The predicted octanol–water partition coefficient (Wildman–Crippen LogP) is 4.17. The Morgan fingerprint density at radius 3 is 2.17 bits per heavy atom. The third-order valence-electron chi connectivity index (χ3n) is 2.48. The van der Waals surface area contributed by atoms with Crippen LogP contribution in [0, 0.1) is 0 Å². The number of hydrogen-bond acceptors (Lipinski definition) is 2. The molecule has 0 amide bonds. The lowest BCUT2D eigenvalue weighted by molar-refractivity contribution is 0.141. The summed E-state index contributed by atoms with van der Waals surface area (Å²) in [6.07, 6.45) is 4.29. The lowest BCUT2D eigenvalue weighted by Crippen LogP contribution is -2.29. The molecule has 100 valence electrons. The van der Waals surface area contributed by atoms with E-state index in [-0.39, 0.29) is 12.2 Å². The van der Waals surface area contributed by atoms with Crippen LogP contribution >= 0.6 is 0 Å². The number of hydrogen-bond donors (Lipinski definition) is 0. The third-order valence-corrected chi connectivity index (χ3v) is 3.56. The van der Waals surface area contributed by atoms with E-state index in [1.807, 2.05) is 18.2 Å². The van der Waals surface area contributed by atoms with Gasteiger partial charge < -0.3 is 9.16 Å². The van der Waals surface area contributed by atoms with Gasteiger partial charge in [0.15, 0.2) is 8.32 Å². The van der Waals surface area contributed by atoms with Crippen molar-refractivity contribution in [1.29, 1.82) is 0 Å². The molecule has 0 bridgehead atoms. The van der Waals surface area contributed by atoms with Gasteiger partial charge >= 0.3 is 0 Å². The van der Waals surface area contributed by atoms with Crippen LogP contribution in [0.4, 0.5) is 0 Å². The molecule has 2 nitrogen and oxygen atoms in total. The van der Waals surface area contributed by atoms with Crippen molar-refractivity contribution in [3.63, 3.8) is 0 Å². The van der Waals surface area contributed by atoms with E-state index in [0.29, 0.717) is 0 Å². The largest absolute Gasteiger partial charge is 0.412 e. The van der Waals surface area contributed by atoms with E-state index in [1.165, 1.54) is 0 Å². The molecular formula is C15H24O2Si. The standard InChI is InChI=1S/C15H24O2Si/c1-13(17-18(3,4)5)11-12-15(16-2)14-9-7-6-8-10-14/h6-13,15H,1-5H3/b12-11+/t13-,15?/m0/s1. The summed E-state index contributed by atoms with van der Waals surface area (Å²) in [5.74, 6) is 0. The molecule has 0 saturated heterocycles. The summed E-state index contributed by atoms with van der Waals surface area (Å²) in [6.45, 7) is 8.67. The van der Waals surface area contributed by atoms with Gasteiger partial charge in [-0.15, -0.1) is 0 Å². The lowest BCUT2D eigenvalue weighted by Gasteiger charge is -2.21. The highest BCUT2D eigenvalue weighted by atomic mass is 28.4. The molecule has 0 N–H and O–H groups in total. The molecule has 1 aromatic rings. The molecule has 0 aliphatic carbocycles. The molecular weight excluding hydrogens is 240 g/mol. The van der Waals surface area contributed by atoms with Crippen molar-refractivity contribution < 1.29 is 9.16 Å². The van der Waals surface area contributed by atoms with Crippen molar-refractivity contribution in [2.24, 2.45) is 0 Å². The molecule has 0 aromatic heterocycles. The second-order valence-corrected chi connectivity index (χ2v) is 9.85. The Labute approximate surface area is 112 Å². The van der Waals surface area contributed by atoms with Gasteiger partial charge in [0.05, 0.1) is 6.10 Å². The van der Waals surface area contributed by atoms with Crippen molar-refractivity contribution >= 4 is 8.32 Å². The summed E-state index contributed by atoms with van der Waals surface area (Å²) in [5.41, 5.74) is 1.16. The summed E-state index contributed by atoms with van der Waals surface area (Å²) in [6, 6.07) is 10.2. The molecule has 0 spiro atoms. The normalized spacial score (nSPS) is 15.8. The molecule has 0 saturated carbocycles. The van der Waals surface area contributed by atoms with Crippen LogP contribution in [0.5, 0.6) is 0 Å². The van der Waals surface area contributed by atoms with Crippen LogP contribution < -0.4 is 0 Å². The third kappa shape index (κ3) is 5.62. The van der Waals surface area contributed by atoms with E-state index in [9.17, 15) is 0 Å². The van der Waals surface area contributed by atoms with Gasteiger partial charge in [-0.1, -0.05) is 42.5 Å². The monoisotopic (exact) mass is 264 g/mol. The van der Waals surface area contributed by atoms with Crippen LogP contribution in [0.15, 0.2) is 42.5 Å². The number of ether oxygens (including phenoxy) is 1. The Kier molecular flexibility index (Phi) is 5.79. The van der Waals surface area contributed by atoms with Gasteiger partial charge in [-0.3, -0.25) is 0 Å². The van der Waals surface area contributed by atoms with E-state index in [4.69, 9.17) is 9.16 Å². The van der Waals surface area contributed by atoms with Crippen LogP contribution in [0.1, 0.15) is 18.6 Å². The smallest absolute Gasteiger partial charge is 0.184 e. The molecule has 1 aromatic carbocycles. The minimum atomic E-state index is -1.47. The fraction of sp³-hybridized carbons (Fsp3) is 0.467. The zero-order valence-corrected chi connectivity index (χ0v) is 13.0. The van der Waals surface area contributed by atoms with Gasteiger partial charge in [0, 0.05) is 7.11 Å². The van der Waals surface area contributed by atoms with Gasteiger partial charge in [-0.25, -0.2) is 0 Å². The molecule has 0 aliphatic rings. The molecule has 1 unspecified atom stereocenters. The van der Waals surface area contributed by atoms with Gasteiger partial charge in [-0.2, -0.15) is 0 Å². The average Bonchev–Trinajstić information content (AvgIpc) is 2.29. The first-order valence-electron chi connectivity index (χ1n) is 6.36. The van der Waals surface area contributed by atoms with Crippen molar-refractivity contribution in [2.75, 3.05) is 7.11 Å². The maximum absolute atomic E-state index is 5.96. The van der Waals surface area contributed by atoms with E-state index in [2.05, 4.69) is 50.8 Å². The number of rotatable bonds is 6. The van der Waals surface area contributed by atoms with Crippen LogP contribution in [0.2, 0.25) is 19.6 Å². The fourth-order valence-electron chi connectivity index (χ4n) is 1.82. The Morgan fingerprint density at radius 2 is 1.67 bits per heavy atom. The average molecular weight is 264 g/mol. The first-order chi connectivity index (χ1) is 8.42. The van der Waals surface area contributed by atoms with Gasteiger partial charge in [0.25, 0.3) is 0 Å². The zero-order valence-electron chi connectivity index (χ0n) is 12.0. The highest BCUT2D eigenvalue weighted by Crippen LogP contribution is 2.18. The molecule has 18 heavy (non-hydrogen) atoms. The van der Waals surface area contributed by atoms with Gasteiger partial charge in [0.1, 0.15) is 6.10 Å². The SMILES string of the molecule is COC(/C=C/[C@H](C)O[Si](C)(C)C)c1ccccc1. The summed E-state index contributed by atoms with van der Waals surface area (Å²) in [4.78, 5) is 0. The molecule has 0 fully saturated rings. The quantitative estimate of drug-likeness (QED) is 0.567. The molecule has 1 rings (SSSR count). The first kappa shape index (κ1) is 15.2. The van der Waals surface area contributed by atoms with E-state index in [0.717, 1.165) is 5.56 Å². The van der Waals surface area contributed by atoms with E-state index < -0.39 is 8.32 Å². The van der Waals surface area contributed by atoms with Crippen molar-refractivity contribution in [2.45, 2.75) is 38.8 Å². The van der Waals surface area contributed by atoms with Crippen LogP contribution in [-0.4, -0.2) is 21.5 Å².